The molecular weight excluding hydrogens is 360 g/mol. The Labute approximate surface area is 156 Å². The van der Waals surface area contributed by atoms with Crippen molar-refractivity contribution in [1.29, 1.82) is 0 Å². The van der Waals surface area contributed by atoms with Crippen molar-refractivity contribution in [3.05, 3.63) is 12.3 Å². The summed E-state index contributed by atoms with van der Waals surface area (Å²) >= 11 is 0. The largest absolute Gasteiger partial charge is 0.679 e. The SMILES string of the molecule is C=C[Si](OCC)(OCC)OCC.CCO[Si](OCC)(OCC)OCC. The second-order valence-electron chi connectivity index (χ2n) is 4.34. The summed E-state index contributed by atoms with van der Waals surface area (Å²) in [5, 5.41) is 0. The molecule has 0 aromatic rings. The lowest BCUT2D eigenvalue weighted by Gasteiger charge is -2.26. The Bertz CT molecular complexity index is 260. The van der Waals surface area contributed by atoms with Gasteiger partial charge in [0.1, 0.15) is 0 Å². The quantitative estimate of drug-likeness (QED) is 0.392. The van der Waals surface area contributed by atoms with E-state index >= 15 is 0 Å². The lowest BCUT2D eigenvalue weighted by Crippen LogP contribution is -2.49. The maximum atomic E-state index is 5.44. The molecule has 0 aromatic carbocycles. The van der Waals surface area contributed by atoms with Crippen LogP contribution >= 0.6 is 0 Å². The number of hydrogen-bond donors (Lipinski definition) is 0. The van der Waals surface area contributed by atoms with Crippen molar-refractivity contribution in [2.24, 2.45) is 0 Å². The van der Waals surface area contributed by atoms with Gasteiger partial charge in [-0.2, -0.15) is 0 Å². The minimum atomic E-state index is -2.80. The van der Waals surface area contributed by atoms with Crippen LogP contribution in [-0.4, -0.2) is 64.1 Å². The molecule has 0 aromatic heterocycles. The van der Waals surface area contributed by atoms with E-state index in [1.807, 2.05) is 48.5 Å². The molecule has 0 aliphatic heterocycles. The van der Waals surface area contributed by atoms with Gasteiger partial charge in [-0.15, -0.1) is 0 Å². The summed E-state index contributed by atoms with van der Waals surface area (Å²) in [6.07, 6.45) is 0. The van der Waals surface area contributed by atoms with E-state index in [-0.39, 0.29) is 0 Å². The Kier molecular flexibility index (Phi) is 18.8. The minimum Gasteiger partial charge on any atom is -0.371 e. The van der Waals surface area contributed by atoms with Crippen molar-refractivity contribution in [2.75, 3.05) is 46.2 Å². The van der Waals surface area contributed by atoms with Crippen LogP contribution in [-0.2, 0) is 31.0 Å². The first-order valence-electron chi connectivity index (χ1n) is 9.10. The van der Waals surface area contributed by atoms with E-state index in [2.05, 4.69) is 6.58 Å². The third-order valence-electron chi connectivity index (χ3n) is 2.57. The van der Waals surface area contributed by atoms with Gasteiger partial charge in [0.15, 0.2) is 0 Å². The van der Waals surface area contributed by atoms with Crippen molar-refractivity contribution < 1.29 is 31.0 Å². The molecule has 0 aliphatic rings. The predicted octanol–water partition coefficient (Wildman–Crippen LogP) is 3.33. The first kappa shape index (κ1) is 27.1. The fourth-order valence-electron chi connectivity index (χ4n) is 1.86. The van der Waals surface area contributed by atoms with E-state index in [0.717, 1.165) is 0 Å². The maximum Gasteiger partial charge on any atom is 0.679 e. The monoisotopic (exact) mass is 398 g/mol. The van der Waals surface area contributed by atoms with Crippen LogP contribution in [0.15, 0.2) is 12.3 Å². The first-order valence-corrected chi connectivity index (χ1v) is 12.5. The van der Waals surface area contributed by atoms with Gasteiger partial charge in [0, 0.05) is 46.2 Å². The van der Waals surface area contributed by atoms with E-state index in [1.165, 1.54) is 0 Å². The third-order valence-corrected chi connectivity index (χ3v) is 7.71. The van der Waals surface area contributed by atoms with Gasteiger partial charge in [-0.3, -0.25) is 0 Å². The Balaban J connectivity index is 0. The molecule has 0 radical (unpaired) electrons. The van der Waals surface area contributed by atoms with Crippen LogP contribution in [0.1, 0.15) is 48.5 Å². The topological polar surface area (TPSA) is 64.6 Å². The van der Waals surface area contributed by atoms with Gasteiger partial charge < -0.3 is 31.0 Å². The van der Waals surface area contributed by atoms with Crippen LogP contribution in [0.3, 0.4) is 0 Å². The molecule has 0 unspecified atom stereocenters. The van der Waals surface area contributed by atoms with Crippen LogP contribution in [0.5, 0.6) is 0 Å². The van der Waals surface area contributed by atoms with Gasteiger partial charge in [0.2, 0.25) is 0 Å². The van der Waals surface area contributed by atoms with Crippen molar-refractivity contribution >= 4 is 17.9 Å². The van der Waals surface area contributed by atoms with Gasteiger partial charge in [-0.25, -0.2) is 0 Å². The molecule has 0 saturated carbocycles. The Morgan fingerprint density at radius 3 is 0.920 bits per heavy atom. The lowest BCUT2D eigenvalue weighted by molar-refractivity contribution is -0.0247. The molecule has 0 spiro atoms. The molecule has 0 saturated heterocycles. The molecule has 7 nitrogen and oxygen atoms in total. The molecule has 0 heterocycles. The van der Waals surface area contributed by atoms with E-state index < -0.39 is 17.9 Å². The number of rotatable bonds is 15. The minimum absolute atomic E-state index is 0.548. The number of hydrogen-bond acceptors (Lipinski definition) is 7. The molecule has 0 amide bonds. The molecule has 0 fully saturated rings. The zero-order valence-electron chi connectivity index (χ0n) is 17.1. The molecule has 25 heavy (non-hydrogen) atoms. The highest BCUT2D eigenvalue weighted by molar-refractivity contribution is 6.66. The summed E-state index contributed by atoms with van der Waals surface area (Å²) < 4.78 is 38.0. The summed E-state index contributed by atoms with van der Waals surface area (Å²) in [4.78, 5) is 0. The van der Waals surface area contributed by atoms with Crippen LogP contribution < -0.4 is 0 Å². The second kappa shape index (κ2) is 17.3. The van der Waals surface area contributed by atoms with Gasteiger partial charge in [0.25, 0.3) is 0 Å². The fourth-order valence-corrected chi connectivity index (χ4v) is 5.59. The Morgan fingerprint density at radius 1 is 0.520 bits per heavy atom. The Morgan fingerprint density at radius 2 is 0.760 bits per heavy atom. The maximum absolute atomic E-state index is 5.44. The van der Waals surface area contributed by atoms with Crippen LogP contribution in [0.25, 0.3) is 0 Å². The van der Waals surface area contributed by atoms with Gasteiger partial charge in [-0.1, -0.05) is 6.58 Å². The molecule has 9 heteroatoms. The van der Waals surface area contributed by atoms with Gasteiger partial charge >= 0.3 is 17.9 Å². The first-order chi connectivity index (χ1) is 12.0. The molecule has 0 atom stereocenters. The zero-order valence-corrected chi connectivity index (χ0v) is 19.1. The average Bonchev–Trinajstić information content (AvgIpc) is 2.57. The van der Waals surface area contributed by atoms with E-state index in [1.54, 1.807) is 5.70 Å². The van der Waals surface area contributed by atoms with Crippen LogP contribution in [0.4, 0.5) is 0 Å². The summed E-state index contributed by atoms with van der Waals surface area (Å²) in [5.41, 5.74) is 1.67. The smallest absolute Gasteiger partial charge is 0.371 e. The summed E-state index contributed by atoms with van der Waals surface area (Å²) in [6, 6.07) is 0. The van der Waals surface area contributed by atoms with Crippen LogP contribution in [0, 0.1) is 0 Å². The average molecular weight is 399 g/mol. The fraction of sp³-hybridized carbons (Fsp3) is 0.875. The van der Waals surface area contributed by atoms with Crippen molar-refractivity contribution in [1.82, 2.24) is 0 Å². The van der Waals surface area contributed by atoms with Gasteiger partial charge in [-0.05, 0) is 54.2 Å². The normalized spacial score (nSPS) is 11.8. The van der Waals surface area contributed by atoms with E-state index in [0.29, 0.717) is 46.2 Å². The summed E-state index contributed by atoms with van der Waals surface area (Å²) in [5.74, 6) is 0. The van der Waals surface area contributed by atoms with Crippen LogP contribution in [0.2, 0.25) is 0 Å². The standard InChI is InChI=1S/C8H20O4Si.C8H18O3Si/c1-5-9-13(10-6-2,11-7-3)12-8-4;1-5-9-12(8-4,10-6-2)11-7-3/h5-8H2,1-4H3;8H,4-7H2,1-3H3. The predicted molar refractivity (Wildman–Crippen MR) is 103 cm³/mol. The van der Waals surface area contributed by atoms with E-state index in [4.69, 9.17) is 31.0 Å². The van der Waals surface area contributed by atoms with Crippen molar-refractivity contribution in [3.8, 4) is 0 Å². The molecule has 152 valence electrons. The molecule has 0 N–H and O–H groups in total. The van der Waals surface area contributed by atoms with Crippen molar-refractivity contribution in [3.63, 3.8) is 0 Å². The highest BCUT2D eigenvalue weighted by Gasteiger charge is 2.44. The highest BCUT2D eigenvalue weighted by atomic mass is 28.4. The van der Waals surface area contributed by atoms with Gasteiger partial charge in [0.05, 0.1) is 0 Å². The van der Waals surface area contributed by atoms with E-state index in [9.17, 15) is 0 Å². The highest BCUT2D eigenvalue weighted by Crippen LogP contribution is 2.11. The lowest BCUT2D eigenvalue weighted by atomic mass is 10.9. The third kappa shape index (κ3) is 12.0. The zero-order chi connectivity index (χ0) is 19.6. The second-order valence-corrected chi connectivity index (χ2v) is 8.97. The summed E-state index contributed by atoms with van der Waals surface area (Å²) in [6.45, 7) is 21.0. The molecule has 0 rings (SSSR count). The van der Waals surface area contributed by atoms with Crippen molar-refractivity contribution in [2.45, 2.75) is 48.5 Å². The summed E-state index contributed by atoms with van der Waals surface area (Å²) in [7, 11) is -5.30. The molecular formula is C16H38O7Si2. The Hall–Kier alpha value is -0.106. The molecule has 0 aliphatic carbocycles. The molecule has 0 bridgehead atoms.